The van der Waals surface area contributed by atoms with Crippen LogP contribution in [0.25, 0.3) is 10.9 Å². The molecule has 0 unspecified atom stereocenters. The van der Waals surface area contributed by atoms with Crippen molar-refractivity contribution in [3.63, 3.8) is 0 Å². The lowest BCUT2D eigenvalue weighted by atomic mass is 9.97. The molecule has 2 heterocycles. The molecule has 1 aliphatic rings. The number of aromatic nitrogens is 1. The van der Waals surface area contributed by atoms with E-state index in [1.807, 2.05) is 49.5 Å². The molecule has 3 aromatic rings. The molecule has 9 nitrogen and oxygen atoms in total. The number of fused-ring (bicyclic) bond motifs is 2. The number of hydrogen-bond donors (Lipinski definition) is 4. The van der Waals surface area contributed by atoms with Crippen molar-refractivity contribution in [2.24, 2.45) is 5.73 Å². The predicted molar refractivity (Wildman–Crippen MR) is 145 cm³/mol. The molecule has 0 radical (unpaired) electrons. The lowest BCUT2D eigenvalue weighted by Crippen LogP contribution is -2.57. The molecule has 4 rings (SSSR count). The summed E-state index contributed by atoms with van der Waals surface area (Å²) in [6, 6.07) is 12.5. The SMILES string of the molecule is CCNC(=O)Oc1ccc2c(c1)CCN(C(=O)[C@@H](Cc1c[nH]c3ccccc13)NC(=O)C(C)(C)N)C2.Cl. The predicted octanol–water partition coefficient (Wildman–Crippen LogP) is 3.05. The second-order valence-corrected chi connectivity index (χ2v) is 9.67. The molecule has 5 N–H and O–H groups in total. The Morgan fingerprint density at radius 1 is 1.16 bits per heavy atom. The van der Waals surface area contributed by atoms with Crippen molar-refractivity contribution in [3.05, 3.63) is 65.4 Å². The molecule has 0 saturated carbocycles. The monoisotopic (exact) mass is 527 g/mol. The highest BCUT2D eigenvalue weighted by molar-refractivity contribution is 5.92. The second kappa shape index (κ2) is 11.7. The van der Waals surface area contributed by atoms with Crippen LogP contribution < -0.4 is 21.1 Å². The molecule has 198 valence electrons. The standard InChI is InChI=1S/C27H33N5O4.ClH/c1-4-29-26(35)36-20-10-9-18-16-32(12-11-17(18)13-20)24(33)23(31-25(34)27(2,3)28)14-19-15-30-22-8-6-5-7-21(19)22;/h5-10,13,15,23,30H,4,11-12,14,16,28H2,1-3H3,(H,29,35)(H,31,34);1H/t23-;/m1./s1. The van der Waals surface area contributed by atoms with Crippen LogP contribution in [0.5, 0.6) is 5.75 Å². The van der Waals surface area contributed by atoms with Gasteiger partial charge in [0.05, 0.1) is 5.54 Å². The second-order valence-electron chi connectivity index (χ2n) is 9.67. The van der Waals surface area contributed by atoms with Crippen molar-refractivity contribution in [2.75, 3.05) is 13.1 Å². The smallest absolute Gasteiger partial charge is 0.410 e. The number of ether oxygens (including phenoxy) is 1. The summed E-state index contributed by atoms with van der Waals surface area (Å²) in [5.41, 5.74) is 8.83. The zero-order valence-electron chi connectivity index (χ0n) is 21.3. The van der Waals surface area contributed by atoms with Crippen LogP contribution in [-0.2, 0) is 29.0 Å². The fraction of sp³-hybridized carbons (Fsp3) is 0.370. The van der Waals surface area contributed by atoms with E-state index in [1.165, 1.54) is 0 Å². The van der Waals surface area contributed by atoms with Crippen molar-refractivity contribution >= 4 is 41.2 Å². The van der Waals surface area contributed by atoms with Gasteiger partial charge < -0.3 is 31.0 Å². The van der Waals surface area contributed by atoms with Gasteiger partial charge in [-0.15, -0.1) is 12.4 Å². The molecule has 0 aliphatic carbocycles. The highest BCUT2D eigenvalue weighted by Gasteiger charge is 2.32. The zero-order chi connectivity index (χ0) is 25.9. The third-order valence-corrected chi connectivity index (χ3v) is 6.32. The normalized spacial score (nSPS) is 13.8. The van der Waals surface area contributed by atoms with Crippen molar-refractivity contribution in [1.29, 1.82) is 0 Å². The quantitative estimate of drug-likeness (QED) is 0.375. The molecule has 10 heteroatoms. The topological polar surface area (TPSA) is 130 Å². The van der Waals surface area contributed by atoms with Gasteiger partial charge in [-0.1, -0.05) is 24.3 Å². The van der Waals surface area contributed by atoms with Gasteiger partial charge in [-0.2, -0.15) is 0 Å². The number of benzene rings is 2. The molecule has 0 fully saturated rings. The van der Waals surface area contributed by atoms with E-state index in [2.05, 4.69) is 15.6 Å². The van der Waals surface area contributed by atoms with E-state index in [9.17, 15) is 14.4 Å². The molecule has 0 spiro atoms. The molecule has 2 aromatic carbocycles. The average molecular weight is 528 g/mol. The van der Waals surface area contributed by atoms with Crippen molar-refractivity contribution in [2.45, 2.75) is 51.7 Å². The molecule has 1 atom stereocenters. The van der Waals surface area contributed by atoms with Gasteiger partial charge in [0, 0.05) is 43.2 Å². The summed E-state index contributed by atoms with van der Waals surface area (Å²) in [4.78, 5) is 43.2. The van der Waals surface area contributed by atoms with Crippen LogP contribution >= 0.6 is 12.4 Å². The van der Waals surface area contributed by atoms with Crippen LogP contribution in [-0.4, -0.2) is 52.5 Å². The number of nitrogens with two attached hydrogens (primary N) is 1. The summed E-state index contributed by atoms with van der Waals surface area (Å²) in [5.74, 6) is -0.0782. The van der Waals surface area contributed by atoms with Crippen LogP contribution in [0.2, 0.25) is 0 Å². The average Bonchev–Trinajstić information content (AvgIpc) is 3.25. The van der Waals surface area contributed by atoms with E-state index in [0.717, 1.165) is 27.6 Å². The first kappa shape index (κ1) is 28.0. The Bertz CT molecular complexity index is 1280. The number of amides is 3. The minimum atomic E-state index is -1.12. The number of nitrogens with one attached hydrogen (secondary N) is 3. The van der Waals surface area contributed by atoms with E-state index in [-0.39, 0.29) is 24.2 Å². The van der Waals surface area contributed by atoms with Gasteiger partial charge in [-0.25, -0.2) is 4.79 Å². The Morgan fingerprint density at radius 2 is 1.92 bits per heavy atom. The molecular formula is C27H34ClN5O4. The van der Waals surface area contributed by atoms with Crippen molar-refractivity contribution in [3.8, 4) is 5.75 Å². The third-order valence-electron chi connectivity index (χ3n) is 6.32. The fourth-order valence-corrected chi connectivity index (χ4v) is 4.35. The minimum absolute atomic E-state index is 0. The summed E-state index contributed by atoms with van der Waals surface area (Å²) in [5, 5.41) is 6.51. The fourth-order valence-electron chi connectivity index (χ4n) is 4.35. The van der Waals surface area contributed by atoms with Crippen molar-refractivity contribution < 1.29 is 19.1 Å². The van der Waals surface area contributed by atoms with E-state index >= 15 is 0 Å². The lowest BCUT2D eigenvalue weighted by molar-refractivity contribution is -0.138. The Kier molecular flexibility index (Phi) is 8.83. The van der Waals surface area contributed by atoms with Crippen molar-refractivity contribution in [1.82, 2.24) is 20.5 Å². The number of carbonyl (C=O) groups excluding carboxylic acids is 3. The number of hydrogen-bond acceptors (Lipinski definition) is 5. The number of carbonyl (C=O) groups is 3. The Hall–Kier alpha value is -3.56. The highest BCUT2D eigenvalue weighted by atomic mass is 35.5. The van der Waals surface area contributed by atoms with E-state index in [0.29, 0.717) is 38.2 Å². The van der Waals surface area contributed by atoms with Crippen LogP contribution in [0.3, 0.4) is 0 Å². The number of H-pyrrole nitrogens is 1. The first-order valence-electron chi connectivity index (χ1n) is 12.2. The van der Waals surface area contributed by atoms with Gasteiger partial charge in [0.1, 0.15) is 11.8 Å². The van der Waals surface area contributed by atoms with Crippen LogP contribution in [0, 0.1) is 0 Å². The van der Waals surface area contributed by atoms with E-state index in [4.69, 9.17) is 10.5 Å². The van der Waals surface area contributed by atoms with Gasteiger partial charge in [0.15, 0.2) is 0 Å². The molecule has 3 amide bonds. The molecule has 0 bridgehead atoms. The number of aromatic amines is 1. The molecule has 1 aliphatic heterocycles. The van der Waals surface area contributed by atoms with Gasteiger partial charge in [0.2, 0.25) is 11.8 Å². The first-order chi connectivity index (χ1) is 17.2. The number of para-hydroxylation sites is 1. The van der Waals surface area contributed by atoms with Crippen LogP contribution in [0.15, 0.2) is 48.7 Å². The molecule has 1 aromatic heterocycles. The third kappa shape index (κ3) is 6.61. The number of halogens is 1. The van der Waals surface area contributed by atoms with Gasteiger partial charge >= 0.3 is 6.09 Å². The number of rotatable bonds is 7. The Labute approximate surface area is 222 Å². The summed E-state index contributed by atoms with van der Waals surface area (Å²) in [6.45, 7) is 6.44. The highest BCUT2D eigenvalue weighted by Crippen LogP contribution is 2.26. The number of nitrogens with zero attached hydrogens (tertiary/aromatic N) is 1. The molecule has 0 saturated heterocycles. The molecule has 37 heavy (non-hydrogen) atoms. The summed E-state index contributed by atoms with van der Waals surface area (Å²) >= 11 is 0. The first-order valence-corrected chi connectivity index (χ1v) is 12.2. The van der Waals surface area contributed by atoms with E-state index < -0.39 is 17.7 Å². The summed E-state index contributed by atoms with van der Waals surface area (Å²) in [6.07, 6.45) is 2.34. The maximum atomic E-state index is 13.7. The summed E-state index contributed by atoms with van der Waals surface area (Å²) in [7, 11) is 0. The Morgan fingerprint density at radius 3 is 2.65 bits per heavy atom. The summed E-state index contributed by atoms with van der Waals surface area (Å²) < 4.78 is 5.31. The maximum absolute atomic E-state index is 13.7. The van der Waals surface area contributed by atoms with Gasteiger partial charge in [-0.05, 0) is 62.1 Å². The van der Waals surface area contributed by atoms with Crippen LogP contribution in [0.4, 0.5) is 4.79 Å². The lowest BCUT2D eigenvalue weighted by Gasteiger charge is -2.33. The Balaban J connectivity index is 0.00000380. The zero-order valence-corrected chi connectivity index (χ0v) is 22.1. The molecular weight excluding hydrogens is 494 g/mol. The van der Waals surface area contributed by atoms with Gasteiger partial charge in [0.25, 0.3) is 0 Å². The maximum Gasteiger partial charge on any atom is 0.412 e. The largest absolute Gasteiger partial charge is 0.412 e. The van der Waals surface area contributed by atoms with Crippen LogP contribution in [0.1, 0.15) is 37.5 Å². The van der Waals surface area contributed by atoms with Gasteiger partial charge in [-0.3, -0.25) is 9.59 Å². The van der Waals surface area contributed by atoms with E-state index in [1.54, 1.807) is 24.8 Å². The minimum Gasteiger partial charge on any atom is -0.410 e.